The number of hydrogen-bond acceptors (Lipinski definition) is 7. The van der Waals surface area contributed by atoms with Crippen molar-refractivity contribution in [1.82, 2.24) is 29.6 Å². The average molecular weight is 473 g/mol. The van der Waals surface area contributed by atoms with Crippen molar-refractivity contribution < 1.29 is 31.5 Å². The molecular weight excluding hydrogens is 457 g/mol. The Bertz CT molecular complexity index is 1250. The third kappa shape index (κ3) is 4.97. The van der Waals surface area contributed by atoms with E-state index in [9.17, 15) is 31.5 Å². The zero-order valence-corrected chi connectivity index (χ0v) is 16.9. The number of esters is 1. The number of carbonyl (C=O) groups is 1. The van der Waals surface area contributed by atoms with Gasteiger partial charge in [0.25, 0.3) is 6.08 Å². The van der Waals surface area contributed by atoms with Gasteiger partial charge in [0, 0.05) is 36.0 Å². The monoisotopic (exact) mass is 473 g/mol. The lowest BCUT2D eigenvalue weighted by Gasteiger charge is -2.14. The largest absolute Gasteiger partial charge is 0.491 e. The minimum atomic E-state index is -5.33. The summed E-state index contributed by atoms with van der Waals surface area (Å²) in [6.45, 7) is 0.971. The minimum absolute atomic E-state index is 0.00333. The van der Waals surface area contributed by atoms with Crippen LogP contribution in [-0.4, -0.2) is 48.3 Å². The van der Waals surface area contributed by atoms with Crippen molar-refractivity contribution in [2.75, 3.05) is 6.54 Å². The number of hydrogen-bond donors (Lipinski definition) is 1. The van der Waals surface area contributed by atoms with Crippen molar-refractivity contribution in [3.05, 3.63) is 52.7 Å². The molecule has 2 heterocycles. The standard InChI is InChI=1S/C18H16F5N7O3/c1-2-28-8-11(7-25-28)12-4-3-5-13(14(12)33-16(31)18(21,22)23)30-17(32)29(26-27-30)9-10(6-24)15(19)20/h3-5,7-8H,2,6,9,24H2,1H3. The molecule has 0 spiro atoms. The van der Waals surface area contributed by atoms with Gasteiger partial charge in [0.1, 0.15) is 5.69 Å². The van der Waals surface area contributed by atoms with E-state index in [2.05, 4.69) is 20.3 Å². The van der Waals surface area contributed by atoms with Crippen LogP contribution < -0.4 is 16.2 Å². The lowest BCUT2D eigenvalue weighted by atomic mass is 10.1. The SMILES string of the molecule is CCn1cc(-c2cccc(-n3nnn(CC(CN)=C(F)F)c3=O)c2OC(=O)C(F)(F)F)cn1. The summed E-state index contributed by atoms with van der Waals surface area (Å²) in [7, 11) is 0. The van der Waals surface area contributed by atoms with Crippen LogP contribution in [0.25, 0.3) is 16.8 Å². The smallest absolute Gasteiger partial charge is 0.417 e. The van der Waals surface area contributed by atoms with Crippen LogP contribution in [0.2, 0.25) is 0 Å². The van der Waals surface area contributed by atoms with Crippen LogP contribution in [0.5, 0.6) is 5.75 Å². The molecule has 0 unspecified atom stereocenters. The lowest BCUT2D eigenvalue weighted by Crippen LogP contribution is -2.30. The van der Waals surface area contributed by atoms with Crippen molar-refractivity contribution >= 4 is 5.97 Å². The highest BCUT2D eigenvalue weighted by Crippen LogP contribution is 2.36. The van der Waals surface area contributed by atoms with Crippen LogP contribution in [0, 0.1) is 0 Å². The highest BCUT2D eigenvalue weighted by atomic mass is 19.4. The summed E-state index contributed by atoms with van der Waals surface area (Å²) < 4.78 is 71.7. The predicted octanol–water partition coefficient (Wildman–Crippen LogP) is 1.89. The number of halogens is 5. The van der Waals surface area contributed by atoms with E-state index in [0.717, 1.165) is 6.07 Å². The topological polar surface area (TPSA) is 123 Å². The first-order valence-electron chi connectivity index (χ1n) is 9.27. The minimum Gasteiger partial charge on any atom is -0.417 e. The highest BCUT2D eigenvalue weighted by Gasteiger charge is 2.42. The summed E-state index contributed by atoms with van der Waals surface area (Å²) in [5, 5.41) is 11.0. The maximum Gasteiger partial charge on any atom is 0.491 e. The lowest BCUT2D eigenvalue weighted by molar-refractivity contribution is -0.189. The number of tetrazole rings is 1. The number of ether oxygens (including phenoxy) is 1. The van der Waals surface area contributed by atoms with E-state index >= 15 is 0 Å². The third-order valence-corrected chi connectivity index (χ3v) is 4.41. The van der Waals surface area contributed by atoms with Gasteiger partial charge in [0.15, 0.2) is 5.75 Å². The van der Waals surface area contributed by atoms with E-state index in [1.165, 1.54) is 29.2 Å². The number of benzene rings is 1. The number of para-hydroxylation sites is 1. The summed E-state index contributed by atoms with van der Waals surface area (Å²) >= 11 is 0. The quantitative estimate of drug-likeness (QED) is 0.316. The summed E-state index contributed by atoms with van der Waals surface area (Å²) in [5.74, 6) is -3.18. The summed E-state index contributed by atoms with van der Waals surface area (Å²) in [5.41, 5.74) is 3.48. The number of nitrogens with zero attached hydrogens (tertiary/aromatic N) is 6. The normalized spacial score (nSPS) is 11.5. The first-order valence-corrected chi connectivity index (χ1v) is 9.27. The molecule has 10 nitrogen and oxygen atoms in total. The Labute approximate surface area is 181 Å². The number of aryl methyl sites for hydroxylation is 1. The molecule has 0 aliphatic rings. The Morgan fingerprint density at radius 2 is 1.94 bits per heavy atom. The van der Waals surface area contributed by atoms with Crippen molar-refractivity contribution in [1.29, 1.82) is 0 Å². The Morgan fingerprint density at radius 3 is 2.52 bits per heavy atom. The van der Waals surface area contributed by atoms with Crippen LogP contribution >= 0.6 is 0 Å². The summed E-state index contributed by atoms with van der Waals surface area (Å²) in [6.07, 6.45) is -4.62. The molecule has 15 heteroatoms. The molecule has 3 aromatic rings. The molecule has 0 saturated heterocycles. The molecule has 0 amide bonds. The first kappa shape index (κ1) is 23.8. The Kier molecular flexibility index (Phi) is 6.71. The summed E-state index contributed by atoms with van der Waals surface area (Å²) in [4.78, 5) is 24.3. The van der Waals surface area contributed by atoms with Gasteiger partial charge in [-0.05, 0) is 23.4 Å². The number of rotatable bonds is 7. The van der Waals surface area contributed by atoms with Crippen molar-refractivity contribution in [2.24, 2.45) is 5.73 Å². The highest BCUT2D eigenvalue weighted by molar-refractivity contribution is 5.83. The van der Waals surface area contributed by atoms with E-state index < -0.39 is 48.3 Å². The predicted molar refractivity (Wildman–Crippen MR) is 103 cm³/mol. The van der Waals surface area contributed by atoms with Gasteiger partial charge >= 0.3 is 17.8 Å². The third-order valence-electron chi connectivity index (χ3n) is 4.41. The molecule has 2 N–H and O–H groups in total. The number of aromatic nitrogens is 6. The second-order valence-corrected chi connectivity index (χ2v) is 6.52. The Hall–Kier alpha value is -3.88. The molecule has 0 aliphatic carbocycles. The van der Waals surface area contributed by atoms with Crippen LogP contribution in [0.1, 0.15) is 6.92 Å². The maximum absolute atomic E-state index is 12.9. The van der Waals surface area contributed by atoms with Crippen LogP contribution in [0.4, 0.5) is 22.0 Å². The molecular formula is C18H16F5N7O3. The van der Waals surface area contributed by atoms with E-state index in [1.807, 2.05) is 0 Å². The van der Waals surface area contributed by atoms with E-state index in [-0.39, 0.29) is 16.8 Å². The molecule has 0 bridgehead atoms. The molecule has 0 atom stereocenters. The van der Waals surface area contributed by atoms with Crippen LogP contribution in [-0.2, 0) is 17.9 Å². The van der Waals surface area contributed by atoms with Crippen molar-refractivity contribution in [3.8, 4) is 22.6 Å². The van der Waals surface area contributed by atoms with Crippen molar-refractivity contribution in [3.63, 3.8) is 0 Å². The second-order valence-electron chi connectivity index (χ2n) is 6.52. The van der Waals surface area contributed by atoms with E-state index in [4.69, 9.17) is 5.73 Å². The maximum atomic E-state index is 12.9. The molecule has 33 heavy (non-hydrogen) atoms. The first-order chi connectivity index (χ1) is 15.6. The molecule has 176 valence electrons. The van der Waals surface area contributed by atoms with Gasteiger partial charge in [0.2, 0.25) is 0 Å². The fourth-order valence-electron chi connectivity index (χ4n) is 2.76. The molecule has 0 radical (unpaired) electrons. The molecule has 0 fully saturated rings. The molecule has 2 aromatic heterocycles. The van der Waals surface area contributed by atoms with Gasteiger partial charge in [-0.25, -0.2) is 9.59 Å². The fraction of sp³-hybridized carbons (Fsp3) is 0.278. The number of nitrogens with two attached hydrogens (primary N) is 1. The van der Waals surface area contributed by atoms with Crippen LogP contribution in [0.15, 0.2) is 47.0 Å². The fourth-order valence-corrected chi connectivity index (χ4v) is 2.76. The molecule has 1 aromatic carbocycles. The molecule has 0 aliphatic heterocycles. The van der Waals surface area contributed by atoms with Crippen molar-refractivity contribution in [2.45, 2.75) is 26.2 Å². The van der Waals surface area contributed by atoms with E-state index in [0.29, 0.717) is 15.9 Å². The Morgan fingerprint density at radius 1 is 1.21 bits per heavy atom. The number of alkyl halides is 3. The zero-order chi connectivity index (χ0) is 24.3. The Balaban J connectivity index is 2.16. The average Bonchev–Trinajstić information content (AvgIpc) is 3.38. The van der Waals surface area contributed by atoms with Gasteiger partial charge in [0.05, 0.1) is 12.7 Å². The van der Waals surface area contributed by atoms with Gasteiger partial charge in [-0.15, -0.1) is 0 Å². The van der Waals surface area contributed by atoms with Crippen LogP contribution in [0.3, 0.4) is 0 Å². The number of carbonyl (C=O) groups excluding carboxylic acids is 1. The van der Waals surface area contributed by atoms with E-state index in [1.54, 1.807) is 6.92 Å². The van der Waals surface area contributed by atoms with Gasteiger partial charge in [-0.1, -0.05) is 12.1 Å². The second kappa shape index (κ2) is 9.32. The van der Waals surface area contributed by atoms with Gasteiger partial charge in [-0.2, -0.15) is 36.4 Å². The molecule has 0 saturated carbocycles. The summed E-state index contributed by atoms with van der Waals surface area (Å²) in [6, 6.07) is 3.88. The molecule has 3 rings (SSSR count). The van der Waals surface area contributed by atoms with Gasteiger partial charge < -0.3 is 10.5 Å². The zero-order valence-electron chi connectivity index (χ0n) is 16.9. The van der Waals surface area contributed by atoms with Gasteiger partial charge in [-0.3, -0.25) is 4.68 Å².